The van der Waals surface area contributed by atoms with Gasteiger partial charge in [0.25, 0.3) is 0 Å². The van der Waals surface area contributed by atoms with Crippen LogP contribution in [0, 0.1) is 5.92 Å². The number of Topliss-reactive ketones (excluding diaryl/α,β-unsaturated/α-hetero) is 1. The zero-order valence-corrected chi connectivity index (χ0v) is 14.2. The van der Waals surface area contributed by atoms with Gasteiger partial charge in [-0.3, -0.25) is 4.79 Å². The van der Waals surface area contributed by atoms with E-state index in [0.717, 1.165) is 12.0 Å². The van der Waals surface area contributed by atoms with Gasteiger partial charge in [-0.2, -0.15) is 0 Å². The molecule has 0 fully saturated rings. The molecule has 0 saturated heterocycles. The highest BCUT2D eigenvalue weighted by molar-refractivity contribution is 5.89. The molecule has 0 radical (unpaired) electrons. The molecule has 0 aromatic heterocycles. The molecule has 0 aliphatic heterocycles. The van der Waals surface area contributed by atoms with E-state index in [1.165, 1.54) is 0 Å². The van der Waals surface area contributed by atoms with Gasteiger partial charge in [-0.15, -0.1) is 0 Å². The molecule has 2 atom stereocenters. The molecule has 0 spiro atoms. The normalized spacial score (nSPS) is 14.0. The van der Waals surface area contributed by atoms with Crippen LogP contribution in [0.15, 0.2) is 30.3 Å². The molecular formula is C18H27NO3. The monoisotopic (exact) mass is 305 g/mol. The number of amides is 1. The van der Waals surface area contributed by atoms with Crippen molar-refractivity contribution in [3.05, 3.63) is 35.9 Å². The van der Waals surface area contributed by atoms with E-state index < -0.39 is 17.7 Å². The Bertz CT molecular complexity index is 491. The average molecular weight is 305 g/mol. The molecule has 1 aromatic rings. The van der Waals surface area contributed by atoms with Gasteiger partial charge in [0.1, 0.15) is 5.60 Å². The molecule has 4 nitrogen and oxygen atoms in total. The van der Waals surface area contributed by atoms with E-state index in [2.05, 4.69) is 5.32 Å². The maximum absolute atomic E-state index is 12.5. The van der Waals surface area contributed by atoms with Crippen LogP contribution < -0.4 is 5.32 Å². The maximum atomic E-state index is 12.5. The van der Waals surface area contributed by atoms with E-state index in [9.17, 15) is 9.59 Å². The van der Waals surface area contributed by atoms with Crippen LogP contribution in [0.3, 0.4) is 0 Å². The Morgan fingerprint density at radius 1 is 1.18 bits per heavy atom. The summed E-state index contributed by atoms with van der Waals surface area (Å²) in [7, 11) is 0. The largest absolute Gasteiger partial charge is 0.444 e. The van der Waals surface area contributed by atoms with E-state index >= 15 is 0 Å². The average Bonchev–Trinajstić information content (AvgIpc) is 2.43. The van der Waals surface area contributed by atoms with E-state index in [4.69, 9.17) is 4.74 Å². The van der Waals surface area contributed by atoms with Crippen molar-refractivity contribution >= 4 is 11.9 Å². The minimum atomic E-state index is -0.577. The first-order chi connectivity index (χ1) is 10.2. The lowest BCUT2D eigenvalue weighted by atomic mass is 9.92. The van der Waals surface area contributed by atoms with Crippen molar-refractivity contribution in [1.29, 1.82) is 0 Å². The zero-order valence-electron chi connectivity index (χ0n) is 14.2. The summed E-state index contributed by atoms with van der Waals surface area (Å²) in [6, 6.07) is 9.03. The van der Waals surface area contributed by atoms with Crippen molar-refractivity contribution in [2.45, 2.75) is 59.1 Å². The topological polar surface area (TPSA) is 55.4 Å². The Kier molecular flexibility index (Phi) is 6.60. The van der Waals surface area contributed by atoms with Crippen LogP contribution in [0.1, 0.15) is 46.6 Å². The Hall–Kier alpha value is -1.84. The lowest BCUT2D eigenvalue weighted by Crippen LogP contribution is -2.47. The Balaban J connectivity index is 2.75. The molecule has 1 rings (SSSR count). The Morgan fingerprint density at radius 3 is 2.27 bits per heavy atom. The van der Waals surface area contributed by atoms with Crippen molar-refractivity contribution in [2.75, 3.05) is 0 Å². The Morgan fingerprint density at radius 2 is 1.77 bits per heavy atom. The molecule has 0 aliphatic rings. The summed E-state index contributed by atoms with van der Waals surface area (Å²) in [6.45, 7) is 9.37. The van der Waals surface area contributed by atoms with Gasteiger partial charge in [0, 0.05) is 6.42 Å². The lowest BCUT2D eigenvalue weighted by molar-refractivity contribution is -0.121. The standard InChI is InChI=1S/C18H27NO3/c1-6-13(2)16(19-17(21)22-18(3,4)5)15(20)12-14-10-8-7-9-11-14/h7-11,13,16H,6,12H2,1-5H3,(H,19,21)/t13?,16-/m0/s1. The first-order valence-electron chi connectivity index (χ1n) is 7.79. The molecule has 0 heterocycles. The fourth-order valence-electron chi connectivity index (χ4n) is 2.12. The van der Waals surface area contributed by atoms with Gasteiger partial charge in [0.15, 0.2) is 5.78 Å². The SMILES string of the molecule is CCC(C)[C@H](NC(=O)OC(C)(C)C)C(=O)Cc1ccccc1. The number of rotatable bonds is 6. The number of ether oxygens (including phenoxy) is 1. The minimum Gasteiger partial charge on any atom is -0.444 e. The molecule has 1 amide bonds. The molecular weight excluding hydrogens is 278 g/mol. The number of carbonyl (C=O) groups is 2. The third-order valence-corrected chi connectivity index (χ3v) is 3.45. The third-order valence-electron chi connectivity index (χ3n) is 3.45. The molecule has 122 valence electrons. The lowest BCUT2D eigenvalue weighted by Gasteiger charge is -2.26. The summed E-state index contributed by atoms with van der Waals surface area (Å²) in [5.74, 6) is 0.0649. The van der Waals surface area contributed by atoms with Crippen molar-refractivity contribution in [3.8, 4) is 0 Å². The second-order valence-electron chi connectivity index (χ2n) is 6.64. The summed E-state index contributed by atoms with van der Waals surface area (Å²) < 4.78 is 5.26. The summed E-state index contributed by atoms with van der Waals surface area (Å²) in [4.78, 5) is 24.5. The van der Waals surface area contributed by atoms with Crippen LogP contribution in [-0.2, 0) is 16.0 Å². The number of nitrogens with one attached hydrogen (secondary N) is 1. The summed E-state index contributed by atoms with van der Waals surface area (Å²) in [6.07, 6.45) is 0.575. The molecule has 1 unspecified atom stereocenters. The van der Waals surface area contributed by atoms with Crippen LogP contribution in [0.5, 0.6) is 0 Å². The van der Waals surface area contributed by atoms with Crippen molar-refractivity contribution in [1.82, 2.24) is 5.32 Å². The van der Waals surface area contributed by atoms with Gasteiger partial charge in [0.05, 0.1) is 6.04 Å². The quantitative estimate of drug-likeness (QED) is 0.871. The highest BCUT2D eigenvalue weighted by Crippen LogP contribution is 2.14. The van der Waals surface area contributed by atoms with E-state index in [-0.39, 0.29) is 11.7 Å². The summed E-state index contributed by atoms with van der Waals surface area (Å²) in [5, 5.41) is 2.73. The predicted octanol–water partition coefficient (Wildman–Crippen LogP) is 3.74. The van der Waals surface area contributed by atoms with Crippen LogP contribution in [0.2, 0.25) is 0 Å². The first-order valence-corrected chi connectivity index (χ1v) is 7.79. The summed E-state index contributed by atoms with van der Waals surface area (Å²) in [5.41, 5.74) is 0.374. The van der Waals surface area contributed by atoms with Crippen LogP contribution in [0.25, 0.3) is 0 Å². The molecule has 1 N–H and O–H groups in total. The highest BCUT2D eigenvalue weighted by Gasteiger charge is 2.27. The highest BCUT2D eigenvalue weighted by atomic mass is 16.6. The van der Waals surface area contributed by atoms with Gasteiger partial charge >= 0.3 is 6.09 Å². The fourth-order valence-corrected chi connectivity index (χ4v) is 2.12. The minimum absolute atomic E-state index is 0.00593. The maximum Gasteiger partial charge on any atom is 0.408 e. The summed E-state index contributed by atoms with van der Waals surface area (Å²) >= 11 is 0. The molecule has 1 aromatic carbocycles. The molecule has 0 saturated carbocycles. The van der Waals surface area contributed by atoms with Crippen LogP contribution in [-0.4, -0.2) is 23.5 Å². The molecule has 0 aliphatic carbocycles. The second-order valence-corrected chi connectivity index (χ2v) is 6.64. The van der Waals surface area contributed by atoms with Crippen molar-refractivity contribution in [3.63, 3.8) is 0 Å². The van der Waals surface area contributed by atoms with Crippen molar-refractivity contribution in [2.24, 2.45) is 5.92 Å². The van der Waals surface area contributed by atoms with Crippen LogP contribution in [0.4, 0.5) is 4.79 Å². The number of hydrogen-bond acceptors (Lipinski definition) is 3. The zero-order chi connectivity index (χ0) is 16.8. The van der Waals surface area contributed by atoms with E-state index in [1.807, 2.05) is 44.2 Å². The van der Waals surface area contributed by atoms with E-state index in [1.54, 1.807) is 20.8 Å². The van der Waals surface area contributed by atoms with Crippen LogP contribution >= 0.6 is 0 Å². The van der Waals surface area contributed by atoms with Crippen molar-refractivity contribution < 1.29 is 14.3 Å². The van der Waals surface area contributed by atoms with Gasteiger partial charge in [-0.05, 0) is 32.3 Å². The van der Waals surface area contributed by atoms with Gasteiger partial charge in [0.2, 0.25) is 0 Å². The number of alkyl carbamates (subject to hydrolysis) is 1. The number of ketones is 1. The fraction of sp³-hybridized carbons (Fsp3) is 0.556. The number of carbonyl (C=O) groups excluding carboxylic acids is 2. The second kappa shape index (κ2) is 7.97. The Labute approximate surface area is 133 Å². The van der Waals surface area contributed by atoms with Gasteiger partial charge in [-0.25, -0.2) is 4.79 Å². The number of hydrogen-bond donors (Lipinski definition) is 1. The third kappa shape index (κ3) is 6.29. The van der Waals surface area contributed by atoms with Gasteiger partial charge < -0.3 is 10.1 Å². The predicted molar refractivity (Wildman–Crippen MR) is 87.8 cm³/mol. The number of benzene rings is 1. The first kappa shape index (κ1) is 18.2. The van der Waals surface area contributed by atoms with Gasteiger partial charge in [-0.1, -0.05) is 50.6 Å². The smallest absolute Gasteiger partial charge is 0.408 e. The van der Waals surface area contributed by atoms with E-state index in [0.29, 0.717) is 6.42 Å². The molecule has 4 heteroatoms. The molecule has 22 heavy (non-hydrogen) atoms. The molecule has 0 bridgehead atoms.